The number of ketones is 1. The minimum atomic E-state index is -0.296. The SMILES string of the molecule is CCOC(=O)Cc1cc(C(=O)CC(C)C)cc2ccc(OC)cc12. The summed E-state index contributed by atoms with van der Waals surface area (Å²) in [6, 6.07) is 9.35. The fraction of sp³-hybridized carbons (Fsp3) is 0.400. The Bertz CT molecular complexity index is 747. The van der Waals surface area contributed by atoms with Gasteiger partial charge in [-0.1, -0.05) is 19.9 Å². The molecule has 0 amide bonds. The largest absolute Gasteiger partial charge is 0.497 e. The molecule has 0 unspecified atom stereocenters. The number of ether oxygens (including phenoxy) is 2. The maximum atomic E-state index is 12.4. The van der Waals surface area contributed by atoms with E-state index in [-0.39, 0.29) is 24.1 Å². The summed E-state index contributed by atoms with van der Waals surface area (Å²) in [5.74, 6) is 0.800. The van der Waals surface area contributed by atoms with Gasteiger partial charge in [-0.2, -0.15) is 0 Å². The van der Waals surface area contributed by atoms with Crippen LogP contribution in [0.3, 0.4) is 0 Å². The first-order valence-corrected chi connectivity index (χ1v) is 8.24. The van der Waals surface area contributed by atoms with E-state index in [2.05, 4.69) is 0 Å². The first kappa shape index (κ1) is 18.0. The van der Waals surface area contributed by atoms with Crippen molar-refractivity contribution >= 4 is 22.5 Å². The molecule has 0 aliphatic carbocycles. The average Bonchev–Trinajstić information content (AvgIpc) is 2.53. The van der Waals surface area contributed by atoms with Gasteiger partial charge in [-0.25, -0.2) is 0 Å². The van der Waals surface area contributed by atoms with Crippen molar-refractivity contribution in [2.24, 2.45) is 5.92 Å². The molecule has 0 fully saturated rings. The maximum Gasteiger partial charge on any atom is 0.310 e. The predicted molar refractivity (Wildman–Crippen MR) is 94.6 cm³/mol. The van der Waals surface area contributed by atoms with Crippen LogP contribution in [0.5, 0.6) is 5.75 Å². The lowest BCUT2D eigenvalue weighted by Gasteiger charge is -2.12. The normalized spacial score (nSPS) is 10.9. The Kier molecular flexibility index (Phi) is 5.96. The van der Waals surface area contributed by atoms with Crippen LogP contribution in [0.4, 0.5) is 0 Å². The molecule has 0 saturated heterocycles. The van der Waals surface area contributed by atoms with Crippen molar-refractivity contribution in [2.45, 2.75) is 33.6 Å². The van der Waals surface area contributed by atoms with E-state index in [0.29, 0.717) is 24.3 Å². The summed E-state index contributed by atoms with van der Waals surface area (Å²) >= 11 is 0. The van der Waals surface area contributed by atoms with Crippen molar-refractivity contribution in [3.05, 3.63) is 41.5 Å². The number of Topliss-reactive ketones (excluding diaryl/α,β-unsaturated/α-hetero) is 1. The zero-order valence-electron chi connectivity index (χ0n) is 14.7. The summed E-state index contributed by atoms with van der Waals surface area (Å²) in [6.45, 7) is 6.15. The first-order chi connectivity index (χ1) is 11.4. The van der Waals surface area contributed by atoms with E-state index in [1.165, 1.54) is 0 Å². The molecule has 0 N–H and O–H groups in total. The summed E-state index contributed by atoms with van der Waals surface area (Å²) in [4.78, 5) is 24.4. The van der Waals surface area contributed by atoms with Gasteiger partial charge in [0.2, 0.25) is 0 Å². The molecule has 2 aromatic rings. The number of carbonyl (C=O) groups is 2. The topological polar surface area (TPSA) is 52.6 Å². The van der Waals surface area contributed by atoms with Gasteiger partial charge in [-0.05, 0) is 53.4 Å². The molecule has 0 atom stereocenters. The van der Waals surface area contributed by atoms with Gasteiger partial charge in [-0.3, -0.25) is 9.59 Å². The molecule has 4 heteroatoms. The highest BCUT2D eigenvalue weighted by atomic mass is 16.5. The van der Waals surface area contributed by atoms with E-state index in [1.807, 2.05) is 44.2 Å². The van der Waals surface area contributed by atoms with Crippen LogP contribution in [0.2, 0.25) is 0 Å². The molecule has 0 bridgehead atoms. The number of rotatable bonds is 7. The number of hydrogen-bond acceptors (Lipinski definition) is 4. The van der Waals surface area contributed by atoms with Crippen molar-refractivity contribution in [3.63, 3.8) is 0 Å². The monoisotopic (exact) mass is 328 g/mol. The van der Waals surface area contributed by atoms with E-state index < -0.39 is 0 Å². The minimum Gasteiger partial charge on any atom is -0.497 e. The van der Waals surface area contributed by atoms with Crippen LogP contribution in [-0.2, 0) is 16.0 Å². The lowest BCUT2D eigenvalue weighted by molar-refractivity contribution is -0.142. The van der Waals surface area contributed by atoms with E-state index in [9.17, 15) is 9.59 Å². The fourth-order valence-corrected chi connectivity index (χ4v) is 2.70. The number of fused-ring (bicyclic) bond motifs is 1. The van der Waals surface area contributed by atoms with E-state index in [0.717, 1.165) is 16.3 Å². The first-order valence-electron chi connectivity index (χ1n) is 8.24. The van der Waals surface area contributed by atoms with Gasteiger partial charge in [0.15, 0.2) is 5.78 Å². The quantitative estimate of drug-likeness (QED) is 0.565. The van der Waals surface area contributed by atoms with Crippen LogP contribution in [0.1, 0.15) is 43.1 Å². The Morgan fingerprint density at radius 1 is 1.12 bits per heavy atom. The molecule has 0 radical (unpaired) electrons. The second-order valence-electron chi connectivity index (χ2n) is 6.23. The number of methoxy groups -OCH3 is 1. The van der Waals surface area contributed by atoms with Gasteiger partial charge in [-0.15, -0.1) is 0 Å². The van der Waals surface area contributed by atoms with Gasteiger partial charge in [0.1, 0.15) is 5.75 Å². The highest BCUT2D eigenvalue weighted by molar-refractivity contribution is 6.02. The summed E-state index contributed by atoms with van der Waals surface area (Å²) in [7, 11) is 1.60. The highest BCUT2D eigenvalue weighted by Gasteiger charge is 2.15. The van der Waals surface area contributed by atoms with Gasteiger partial charge in [0.05, 0.1) is 20.1 Å². The predicted octanol–water partition coefficient (Wildman–Crippen LogP) is 4.18. The number of esters is 1. The Morgan fingerprint density at radius 2 is 1.88 bits per heavy atom. The highest BCUT2D eigenvalue weighted by Crippen LogP contribution is 2.27. The second kappa shape index (κ2) is 7.95. The summed E-state index contributed by atoms with van der Waals surface area (Å²) in [5, 5.41) is 1.83. The number of benzene rings is 2. The molecule has 0 aromatic heterocycles. The summed E-state index contributed by atoms with van der Waals surface area (Å²) in [5.41, 5.74) is 1.43. The molecule has 2 aromatic carbocycles. The van der Waals surface area contributed by atoms with Crippen molar-refractivity contribution in [2.75, 3.05) is 13.7 Å². The second-order valence-corrected chi connectivity index (χ2v) is 6.23. The molecule has 0 spiro atoms. The minimum absolute atomic E-state index is 0.0906. The Hall–Kier alpha value is -2.36. The van der Waals surface area contributed by atoms with Crippen molar-refractivity contribution in [1.82, 2.24) is 0 Å². The Balaban J connectivity index is 2.51. The third-order valence-corrected chi connectivity index (χ3v) is 3.80. The van der Waals surface area contributed by atoms with Crippen LogP contribution < -0.4 is 4.74 Å². The maximum absolute atomic E-state index is 12.4. The standard InChI is InChI=1S/C20H24O4/c1-5-24-20(22)11-15-10-16(19(21)8-13(2)3)9-14-6-7-17(23-4)12-18(14)15/h6-7,9-10,12-13H,5,8,11H2,1-4H3. The van der Waals surface area contributed by atoms with Gasteiger partial charge < -0.3 is 9.47 Å². The molecule has 0 heterocycles. The van der Waals surface area contributed by atoms with E-state index >= 15 is 0 Å². The molecule has 0 saturated carbocycles. The van der Waals surface area contributed by atoms with Crippen LogP contribution in [0, 0.1) is 5.92 Å². The summed E-state index contributed by atoms with van der Waals surface area (Å²) in [6.07, 6.45) is 0.626. The van der Waals surface area contributed by atoms with Crippen molar-refractivity contribution < 1.29 is 19.1 Å². The third-order valence-electron chi connectivity index (χ3n) is 3.80. The molecular weight excluding hydrogens is 304 g/mol. The molecule has 0 aliphatic rings. The summed E-state index contributed by atoms with van der Waals surface area (Å²) < 4.78 is 10.3. The fourth-order valence-electron chi connectivity index (χ4n) is 2.70. The number of hydrogen-bond donors (Lipinski definition) is 0. The molecule has 4 nitrogen and oxygen atoms in total. The molecule has 2 rings (SSSR count). The lowest BCUT2D eigenvalue weighted by atomic mass is 9.94. The Labute approximate surface area is 142 Å². The Morgan fingerprint density at radius 3 is 2.50 bits per heavy atom. The van der Waals surface area contributed by atoms with Crippen LogP contribution in [0.25, 0.3) is 10.8 Å². The average molecular weight is 328 g/mol. The zero-order valence-corrected chi connectivity index (χ0v) is 14.7. The van der Waals surface area contributed by atoms with Gasteiger partial charge in [0, 0.05) is 12.0 Å². The van der Waals surface area contributed by atoms with Crippen molar-refractivity contribution in [3.8, 4) is 5.75 Å². The zero-order chi connectivity index (χ0) is 17.7. The van der Waals surface area contributed by atoms with Crippen molar-refractivity contribution in [1.29, 1.82) is 0 Å². The number of carbonyl (C=O) groups excluding carboxylic acids is 2. The third kappa shape index (κ3) is 4.34. The molecule has 0 aliphatic heterocycles. The van der Waals surface area contributed by atoms with Crippen LogP contribution >= 0.6 is 0 Å². The van der Waals surface area contributed by atoms with E-state index in [4.69, 9.17) is 9.47 Å². The molecular formula is C20H24O4. The van der Waals surface area contributed by atoms with Crippen LogP contribution in [-0.4, -0.2) is 25.5 Å². The van der Waals surface area contributed by atoms with Crippen LogP contribution in [0.15, 0.2) is 30.3 Å². The smallest absolute Gasteiger partial charge is 0.310 e. The lowest BCUT2D eigenvalue weighted by Crippen LogP contribution is -2.10. The van der Waals surface area contributed by atoms with Gasteiger partial charge in [0.25, 0.3) is 0 Å². The molecule has 24 heavy (non-hydrogen) atoms. The molecule has 128 valence electrons. The van der Waals surface area contributed by atoms with Gasteiger partial charge >= 0.3 is 5.97 Å². The van der Waals surface area contributed by atoms with E-state index in [1.54, 1.807) is 14.0 Å².